The number of aliphatic hydroxyl groups is 1. The smallest absolute Gasteiger partial charge is 0.236 e. The van der Waals surface area contributed by atoms with Crippen LogP contribution in [0.3, 0.4) is 0 Å². The molecule has 0 aromatic rings. The molecule has 0 aromatic carbocycles. The maximum atomic E-state index is 11.7. The number of rotatable bonds is 4. The van der Waals surface area contributed by atoms with E-state index in [1.165, 1.54) is 6.42 Å². The van der Waals surface area contributed by atoms with E-state index in [9.17, 15) is 9.90 Å². The van der Waals surface area contributed by atoms with Gasteiger partial charge in [-0.1, -0.05) is 0 Å². The van der Waals surface area contributed by atoms with Gasteiger partial charge in [0, 0.05) is 19.6 Å². The fourth-order valence-electron chi connectivity index (χ4n) is 1.73. The molecule has 0 saturated carbocycles. The molecular weight excluding hydrogens is 192 g/mol. The molecule has 2 N–H and O–H groups in total. The highest BCUT2D eigenvalue weighted by Crippen LogP contribution is 2.08. The van der Waals surface area contributed by atoms with Crippen molar-refractivity contribution in [3.05, 3.63) is 0 Å². The van der Waals surface area contributed by atoms with Crippen LogP contribution in [0.4, 0.5) is 0 Å². The van der Waals surface area contributed by atoms with Crippen LogP contribution in [0.2, 0.25) is 0 Å². The summed E-state index contributed by atoms with van der Waals surface area (Å²) in [5, 5.41) is 12.4. The normalized spacial score (nSPS) is 17.9. The first-order chi connectivity index (χ1) is 6.99. The lowest BCUT2D eigenvalue weighted by Gasteiger charge is -2.27. The van der Waals surface area contributed by atoms with Crippen molar-refractivity contribution in [2.24, 2.45) is 0 Å². The van der Waals surface area contributed by atoms with Crippen molar-refractivity contribution in [3.63, 3.8) is 0 Å². The second-order valence-electron chi connectivity index (χ2n) is 4.86. The van der Waals surface area contributed by atoms with Gasteiger partial charge in [-0.3, -0.25) is 4.79 Å². The Balaban J connectivity index is 2.17. The number of nitrogens with zero attached hydrogens (tertiary/aromatic N) is 1. The first kappa shape index (κ1) is 12.5. The minimum Gasteiger partial charge on any atom is -0.389 e. The predicted octanol–water partition coefficient (Wildman–Crippen LogP) is 0.359. The topological polar surface area (TPSA) is 52.6 Å². The molecule has 1 heterocycles. The van der Waals surface area contributed by atoms with Gasteiger partial charge in [0.05, 0.1) is 12.1 Å². The van der Waals surface area contributed by atoms with Crippen LogP contribution in [0.15, 0.2) is 0 Å². The van der Waals surface area contributed by atoms with Gasteiger partial charge in [-0.15, -0.1) is 0 Å². The fourth-order valence-corrected chi connectivity index (χ4v) is 1.73. The van der Waals surface area contributed by atoms with Crippen molar-refractivity contribution in [1.29, 1.82) is 0 Å². The number of likely N-dealkylation sites (tertiary alicyclic amines) is 1. The highest BCUT2D eigenvalue weighted by molar-refractivity contribution is 5.78. The molecule has 1 aliphatic rings. The third kappa shape index (κ3) is 5.14. The van der Waals surface area contributed by atoms with E-state index in [0.717, 1.165) is 25.9 Å². The molecule has 0 spiro atoms. The Labute approximate surface area is 91.6 Å². The monoisotopic (exact) mass is 214 g/mol. The van der Waals surface area contributed by atoms with Crippen molar-refractivity contribution in [3.8, 4) is 0 Å². The molecular formula is C11H22N2O2. The molecule has 0 bridgehead atoms. The molecule has 4 heteroatoms. The Bertz CT molecular complexity index is 205. The van der Waals surface area contributed by atoms with Gasteiger partial charge >= 0.3 is 0 Å². The van der Waals surface area contributed by atoms with E-state index < -0.39 is 5.60 Å². The summed E-state index contributed by atoms with van der Waals surface area (Å²) in [6.07, 6.45) is 3.48. The zero-order valence-electron chi connectivity index (χ0n) is 9.75. The molecule has 1 fully saturated rings. The van der Waals surface area contributed by atoms with Crippen molar-refractivity contribution >= 4 is 5.91 Å². The number of nitrogens with one attached hydrogen (secondary N) is 1. The lowest BCUT2D eigenvalue weighted by atomic mass is 10.1. The van der Waals surface area contributed by atoms with Crippen molar-refractivity contribution < 1.29 is 9.90 Å². The van der Waals surface area contributed by atoms with Gasteiger partial charge in [-0.2, -0.15) is 0 Å². The van der Waals surface area contributed by atoms with Crippen LogP contribution in [-0.2, 0) is 4.79 Å². The first-order valence-corrected chi connectivity index (χ1v) is 5.70. The third-order valence-corrected chi connectivity index (χ3v) is 2.54. The summed E-state index contributed by atoms with van der Waals surface area (Å²) >= 11 is 0. The minimum atomic E-state index is -0.748. The van der Waals surface area contributed by atoms with Crippen LogP contribution in [0.1, 0.15) is 33.1 Å². The maximum Gasteiger partial charge on any atom is 0.236 e. The number of amides is 1. The average Bonchev–Trinajstić information content (AvgIpc) is 2.17. The largest absolute Gasteiger partial charge is 0.389 e. The van der Waals surface area contributed by atoms with Crippen LogP contribution in [-0.4, -0.2) is 47.7 Å². The van der Waals surface area contributed by atoms with E-state index in [1.807, 2.05) is 4.90 Å². The quantitative estimate of drug-likeness (QED) is 0.710. The zero-order valence-corrected chi connectivity index (χ0v) is 9.75. The van der Waals surface area contributed by atoms with Gasteiger partial charge < -0.3 is 15.3 Å². The highest BCUT2D eigenvalue weighted by Gasteiger charge is 2.17. The van der Waals surface area contributed by atoms with E-state index in [-0.39, 0.29) is 5.91 Å². The van der Waals surface area contributed by atoms with Crippen molar-refractivity contribution in [1.82, 2.24) is 10.2 Å². The molecule has 0 atom stereocenters. The van der Waals surface area contributed by atoms with Crippen molar-refractivity contribution in [2.75, 3.05) is 26.2 Å². The second-order valence-corrected chi connectivity index (χ2v) is 4.86. The predicted molar refractivity (Wildman–Crippen MR) is 59.6 cm³/mol. The van der Waals surface area contributed by atoms with Crippen LogP contribution < -0.4 is 5.32 Å². The fraction of sp³-hybridized carbons (Fsp3) is 0.909. The molecule has 1 aliphatic heterocycles. The van der Waals surface area contributed by atoms with Gasteiger partial charge in [0.25, 0.3) is 0 Å². The van der Waals surface area contributed by atoms with Gasteiger partial charge in [-0.25, -0.2) is 0 Å². The summed E-state index contributed by atoms with van der Waals surface area (Å²) in [6.45, 7) is 6.03. The number of hydrogen-bond acceptors (Lipinski definition) is 3. The Morgan fingerprint density at radius 2 is 1.93 bits per heavy atom. The van der Waals surface area contributed by atoms with Gasteiger partial charge in [0.15, 0.2) is 0 Å². The number of hydrogen-bond donors (Lipinski definition) is 2. The Morgan fingerprint density at radius 1 is 1.33 bits per heavy atom. The Morgan fingerprint density at radius 3 is 2.47 bits per heavy atom. The van der Waals surface area contributed by atoms with E-state index >= 15 is 0 Å². The van der Waals surface area contributed by atoms with E-state index in [0.29, 0.717) is 13.1 Å². The number of carbonyl (C=O) groups excluding carboxylic acids is 1. The summed E-state index contributed by atoms with van der Waals surface area (Å²) < 4.78 is 0. The molecule has 1 rings (SSSR count). The molecule has 1 saturated heterocycles. The van der Waals surface area contributed by atoms with Gasteiger partial charge in [0.2, 0.25) is 5.91 Å². The molecule has 1 amide bonds. The molecule has 0 aromatic heterocycles. The van der Waals surface area contributed by atoms with E-state index in [2.05, 4.69) is 5.32 Å². The molecule has 88 valence electrons. The molecule has 0 aliphatic carbocycles. The van der Waals surface area contributed by atoms with Gasteiger partial charge in [0.1, 0.15) is 0 Å². The SMILES string of the molecule is CC(C)(O)CNCC(=O)N1CCCCC1. The standard InChI is InChI=1S/C11H22N2O2/c1-11(2,15)9-12-8-10(14)13-6-4-3-5-7-13/h12,15H,3-9H2,1-2H3. The van der Waals surface area contributed by atoms with Gasteiger partial charge in [-0.05, 0) is 33.1 Å². The summed E-state index contributed by atoms with van der Waals surface area (Å²) in [7, 11) is 0. The van der Waals surface area contributed by atoms with Crippen molar-refractivity contribution in [2.45, 2.75) is 38.7 Å². The van der Waals surface area contributed by atoms with Crippen LogP contribution in [0.5, 0.6) is 0 Å². The lowest BCUT2D eigenvalue weighted by Crippen LogP contribution is -2.44. The van der Waals surface area contributed by atoms with E-state index in [4.69, 9.17) is 0 Å². The van der Waals surface area contributed by atoms with Crippen LogP contribution in [0, 0.1) is 0 Å². The molecule has 4 nitrogen and oxygen atoms in total. The number of piperidine rings is 1. The Hall–Kier alpha value is -0.610. The third-order valence-electron chi connectivity index (χ3n) is 2.54. The number of carbonyl (C=O) groups is 1. The Kier molecular flexibility index (Phi) is 4.54. The summed E-state index contributed by atoms with van der Waals surface area (Å²) in [5.74, 6) is 0.152. The van der Waals surface area contributed by atoms with Crippen LogP contribution in [0.25, 0.3) is 0 Å². The average molecular weight is 214 g/mol. The van der Waals surface area contributed by atoms with E-state index in [1.54, 1.807) is 13.8 Å². The zero-order chi connectivity index (χ0) is 11.3. The first-order valence-electron chi connectivity index (χ1n) is 5.70. The lowest BCUT2D eigenvalue weighted by molar-refractivity contribution is -0.131. The second kappa shape index (κ2) is 5.47. The maximum absolute atomic E-state index is 11.7. The molecule has 0 unspecified atom stereocenters. The molecule has 15 heavy (non-hydrogen) atoms. The minimum absolute atomic E-state index is 0.152. The summed E-state index contributed by atoms with van der Waals surface area (Å²) in [4.78, 5) is 13.6. The highest BCUT2D eigenvalue weighted by atomic mass is 16.3. The summed E-state index contributed by atoms with van der Waals surface area (Å²) in [5.41, 5.74) is -0.748. The van der Waals surface area contributed by atoms with Crippen LogP contribution >= 0.6 is 0 Å². The molecule has 0 radical (unpaired) electrons. The summed E-state index contributed by atoms with van der Waals surface area (Å²) in [6, 6.07) is 0.